The van der Waals surface area contributed by atoms with Crippen LogP contribution in [0.1, 0.15) is 34.1 Å². The molecule has 0 saturated heterocycles. The van der Waals surface area contributed by atoms with Crippen molar-refractivity contribution < 1.29 is 14.0 Å². The third-order valence-electron chi connectivity index (χ3n) is 3.41. The average Bonchev–Trinajstić information content (AvgIpc) is 2.44. The first-order valence-electron chi connectivity index (χ1n) is 6.87. The first-order chi connectivity index (χ1) is 8.65. The summed E-state index contributed by atoms with van der Waals surface area (Å²) in [6.07, 6.45) is 1.06. The van der Waals surface area contributed by atoms with Gasteiger partial charge >= 0.3 is 0 Å². The molecule has 0 fully saturated rings. The molecular formula is C14H25NO3Si. The SMILES string of the molecule is CC1=C(C)C(=O)N(CCC[Si](C)(C)OC(C)C)C1=O. The molecule has 0 aromatic rings. The van der Waals surface area contributed by atoms with Crippen LogP contribution >= 0.6 is 0 Å². The first kappa shape index (κ1) is 16.1. The van der Waals surface area contributed by atoms with Crippen LogP contribution in [0.25, 0.3) is 0 Å². The van der Waals surface area contributed by atoms with Crippen LogP contribution in [-0.4, -0.2) is 37.7 Å². The summed E-state index contributed by atoms with van der Waals surface area (Å²) in [5.41, 5.74) is 1.17. The summed E-state index contributed by atoms with van der Waals surface area (Å²) in [6, 6.07) is 0.959. The Morgan fingerprint density at radius 1 is 1.11 bits per heavy atom. The summed E-state index contributed by atoms with van der Waals surface area (Å²) in [4.78, 5) is 25.1. The summed E-state index contributed by atoms with van der Waals surface area (Å²) in [6.45, 7) is 12.4. The Morgan fingerprint density at radius 3 is 2.00 bits per heavy atom. The number of hydrogen-bond donors (Lipinski definition) is 0. The van der Waals surface area contributed by atoms with Gasteiger partial charge in [0.2, 0.25) is 0 Å². The predicted octanol–water partition coefficient (Wildman–Crippen LogP) is 2.71. The van der Waals surface area contributed by atoms with Gasteiger partial charge in [-0.3, -0.25) is 14.5 Å². The predicted molar refractivity (Wildman–Crippen MR) is 78.2 cm³/mol. The van der Waals surface area contributed by atoms with Crippen molar-refractivity contribution in [1.82, 2.24) is 4.90 Å². The van der Waals surface area contributed by atoms with E-state index in [1.807, 2.05) is 13.8 Å². The van der Waals surface area contributed by atoms with Crippen molar-refractivity contribution in [2.75, 3.05) is 6.54 Å². The van der Waals surface area contributed by atoms with Crippen LogP contribution in [0.2, 0.25) is 19.1 Å². The molecule has 1 rings (SSSR count). The second-order valence-electron chi connectivity index (χ2n) is 6.04. The quantitative estimate of drug-likeness (QED) is 0.556. The number of hydrogen-bond acceptors (Lipinski definition) is 3. The van der Waals surface area contributed by atoms with Crippen molar-refractivity contribution in [1.29, 1.82) is 0 Å². The van der Waals surface area contributed by atoms with Gasteiger partial charge in [-0.05, 0) is 53.3 Å². The number of imide groups is 1. The molecule has 0 aromatic carbocycles. The van der Waals surface area contributed by atoms with Crippen molar-refractivity contribution in [3.05, 3.63) is 11.1 Å². The van der Waals surface area contributed by atoms with Crippen molar-refractivity contribution in [3.8, 4) is 0 Å². The molecule has 0 aliphatic carbocycles. The molecule has 0 radical (unpaired) electrons. The topological polar surface area (TPSA) is 46.6 Å². The van der Waals surface area contributed by atoms with E-state index in [1.165, 1.54) is 4.90 Å². The minimum absolute atomic E-state index is 0.133. The summed E-state index contributed by atoms with van der Waals surface area (Å²) in [7, 11) is -1.68. The van der Waals surface area contributed by atoms with Crippen molar-refractivity contribution in [2.45, 2.75) is 59.4 Å². The fourth-order valence-electron chi connectivity index (χ4n) is 2.38. The van der Waals surface area contributed by atoms with Gasteiger partial charge in [-0.1, -0.05) is 0 Å². The Balaban J connectivity index is 2.48. The van der Waals surface area contributed by atoms with Crippen LogP contribution in [0, 0.1) is 0 Å². The number of carbonyl (C=O) groups excluding carboxylic acids is 2. The number of rotatable bonds is 6. The normalized spacial score (nSPS) is 17.1. The maximum atomic E-state index is 11.9. The van der Waals surface area contributed by atoms with Gasteiger partial charge in [-0.25, -0.2) is 0 Å². The Kier molecular flexibility index (Phi) is 5.09. The molecule has 108 valence electrons. The largest absolute Gasteiger partial charge is 0.415 e. The van der Waals surface area contributed by atoms with Crippen LogP contribution in [0.15, 0.2) is 11.1 Å². The lowest BCUT2D eigenvalue weighted by atomic mass is 10.2. The van der Waals surface area contributed by atoms with E-state index in [-0.39, 0.29) is 17.9 Å². The molecule has 0 aromatic heterocycles. The van der Waals surface area contributed by atoms with E-state index in [9.17, 15) is 9.59 Å². The van der Waals surface area contributed by atoms with Gasteiger partial charge in [0, 0.05) is 23.8 Å². The van der Waals surface area contributed by atoms with Crippen molar-refractivity contribution >= 4 is 20.1 Å². The molecule has 0 spiro atoms. The maximum absolute atomic E-state index is 11.9. The molecule has 0 bridgehead atoms. The van der Waals surface area contributed by atoms with Gasteiger partial charge in [0.05, 0.1) is 0 Å². The average molecular weight is 283 g/mol. The van der Waals surface area contributed by atoms with Crippen molar-refractivity contribution in [2.24, 2.45) is 0 Å². The zero-order valence-electron chi connectivity index (χ0n) is 12.9. The van der Waals surface area contributed by atoms with Gasteiger partial charge in [-0.15, -0.1) is 0 Å². The summed E-state index contributed by atoms with van der Waals surface area (Å²) >= 11 is 0. The van der Waals surface area contributed by atoms with Crippen LogP contribution < -0.4 is 0 Å². The minimum Gasteiger partial charge on any atom is -0.415 e. The molecule has 2 amide bonds. The third kappa shape index (κ3) is 4.01. The van der Waals surface area contributed by atoms with Gasteiger partial charge < -0.3 is 4.43 Å². The van der Waals surface area contributed by atoms with E-state index < -0.39 is 8.32 Å². The Bertz CT molecular complexity index is 389. The monoisotopic (exact) mass is 283 g/mol. The lowest BCUT2D eigenvalue weighted by molar-refractivity contribution is -0.137. The number of carbonyl (C=O) groups is 2. The fraction of sp³-hybridized carbons (Fsp3) is 0.714. The molecule has 1 aliphatic rings. The van der Waals surface area contributed by atoms with Crippen LogP contribution in [0.3, 0.4) is 0 Å². The molecule has 0 saturated carbocycles. The Morgan fingerprint density at radius 2 is 1.58 bits per heavy atom. The standard InChI is InChI=1S/C14H25NO3Si/c1-10(2)18-19(5,6)9-7-8-15-13(16)11(3)12(4)14(15)17/h10H,7-9H2,1-6H3. The highest BCUT2D eigenvalue weighted by atomic mass is 28.4. The Hall–Kier alpha value is -0.943. The molecule has 0 unspecified atom stereocenters. The molecule has 19 heavy (non-hydrogen) atoms. The van der Waals surface area contributed by atoms with Crippen LogP contribution in [0.4, 0.5) is 0 Å². The van der Waals surface area contributed by atoms with E-state index in [2.05, 4.69) is 13.1 Å². The Labute approximate surface area is 116 Å². The minimum atomic E-state index is -1.68. The van der Waals surface area contributed by atoms with Crippen molar-refractivity contribution in [3.63, 3.8) is 0 Å². The smallest absolute Gasteiger partial charge is 0.256 e. The van der Waals surface area contributed by atoms with Crippen LogP contribution in [-0.2, 0) is 14.0 Å². The highest BCUT2D eigenvalue weighted by molar-refractivity contribution is 6.71. The molecule has 0 atom stereocenters. The zero-order chi connectivity index (χ0) is 14.8. The highest BCUT2D eigenvalue weighted by Gasteiger charge is 2.33. The number of amides is 2. The van der Waals surface area contributed by atoms with E-state index in [0.29, 0.717) is 17.7 Å². The third-order valence-corrected chi connectivity index (χ3v) is 6.08. The molecular weight excluding hydrogens is 258 g/mol. The molecule has 1 aliphatic heterocycles. The van der Waals surface area contributed by atoms with E-state index in [0.717, 1.165) is 12.5 Å². The molecule has 0 N–H and O–H groups in total. The lowest BCUT2D eigenvalue weighted by Crippen LogP contribution is -2.36. The second-order valence-corrected chi connectivity index (χ2v) is 10.3. The van der Waals surface area contributed by atoms with E-state index in [1.54, 1.807) is 13.8 Å². The second kappa shape index (κ2) is 6.01. The summed E-state index contributed by atoms with van der Waals surface area (Å²) < 4.78 is 5.94. The maximum Gasteiger partial charge on any atom is 0.256 e. The summed E-state index contributed by atoms with van der Waals surface area (Å²) in [5, 5.41) is 0. The van der Waals surface area contributed by atoms with Crippen LogP contribution in [0.5, 0.6) is 0 Å². The lowest BCUT2D eigenvalue weighted by Gasteiger charge is -2.26. The van der Waals surface area contributed by atoms with Gasteiger partial charge in [0.25, 0.3) is 11.8 Å². The van der Waals surface area contributed by atoms with E-state index in [4.69, 9.17) is 4.43 Å². The first-order valence-corrected chi connectivity index (χ1v) is 9.99. The van der Waals surface area contributed by atoms with Gasteiger partial charge in [0.15, 0.2) is 8.32 Å². The van der Waals surface area contributed by atoms with E-state index >= 15 is 0 Å². The van der Waals surface area contributed by atoms with Gasteiger partial charge in [-0.2, -0.15) is 0 Å². The fourth-order valence-corrected chi connectivity index (χ4v) is 4.78. The zero-order valence-corrected chi connectivity index (χ0v) is 13.9. The molecule has 1 heterocycles. The summed E-state index contributed by atoms with van der Waals surface area (Å²) in [5.74, 6) is -0.265. The highest BCUT2D eigenvalue weighted by Crippen LogP contribution is 2.22. The number of nitrogens with zero attached hydrogens (tertiary/aromatic N) is 1. The molecule has 4 nitrogen and oxygen atoms in total. The van der Waals surface area contributed by atoms with Gasteiger partial charge in [0.1, 0.15) is 0 Å². The molecule has 5 heteroatoms.